The van der Waals surface area contributed by atoms with Crippen molar-refractivity contribution in [2.75, 3.05) is 0 Å². The zero-order valence-electron chi connectivity index (χ0n) is 15.8. The molecule has 138 valence electrons. The van der Waals surface area contributed by atoms with Gasteiger partial charge in [-0.2, -0.15) is 0 Å². The molecule has 0 aromatic carbocycles. The summed E-state index contributed by atoms with van der Waals surface area (Å²) in [6, 6.07) is 0. The van der Waals surface area contributed by atoms with E-state index in [2.05, 4.69) is 20.8 Å². The number of carbonyl (C=O) groups is 1. The third-order valence-corrected chi connectivity index (χ3v) is 5.83. The second-order valence-electron chi connectivity index (χ2n) is 8.87. The van der Waals surface area contributed by atoms with E-state index in [9.17, 15) is 15.0 Å². The van der Waals surface area contributed by atoms with E-state index in [1.54, 1.807) is 13.0 Å². The number of fused-ring (bicyclic) bond motifs is 2. The molecule has 1 fully saturated rings. The highest BCUT2D eigenvalue weighted by Gasteiger charge is 2.47. The van der Waals surface area contributed by atoms with Crippen LogP contribution in [0.3, 0.4) is 0 Å². The normalized spacial score (nSPS) is 46.2. The fourth-order valence-corrected chi connectivity index (χ4v) is 3.95. The number of hydrogen-bond acceptors (Lipinski definition) is 4. The number of Topliss-reactive ketones (excluding diaryl/α,β-unsaturated/α-hetero) is 1. The number of ketones is 1. The molecule has 0 unspecified atom stereocenters. The van der Waals surface area contributed by atoms with Gasteiger partial charge in [-0.25, -0.2) is 0 Å². The molecule has 5 atom stereocenters. The summed E-state index contributed by atoms with van der Waals surface area (Å²) in [5.74, 6) is 0.542. The van der Waals surface area contributed by atoms with E-state index in [0.29, 0.717) is 19.3 Å². The van der Waals surface area contributed by atoms with Gasteiger partial charge in [-0.1, -0.05) is 32.9 Å². The lowest BCUT2D eigenvalue weighted by Crippen LogP contribution is -2.55. The number of hydrogen-bond donors (Lipinski definition) is 2. The first-order chi connectivity index (χ1) is 11.0. The molecule has 2 heterocycles. The Morgan fingerprint density at radius 2 is 1.83 bits per heavy atom. The fourth-order valence-electron chi connectivity index (χ4n) is 3.95. The van der Waals surface area contributed by atoms with Crippen molar-refractivity contribution in [3.8, 4) is 0 Å². The van der Waals surface area contributed by atoms with Crippen LogP contribution >= 0.6 is 0 Å². The Bertz CT molecular complexity index is 492. The van der Waals surface area contributed by atoms with Crippen LogP contribution in [0, 0.1) is 11.8 Å². The fraction of sp³-hybridized carbons (Fsp3) is 0.850. The Morgan fingerprint density at radius 3 is 2.46 bits per heavy atom. The highest BCUT2D eigenvalue weighted by Crippen LogP contribution is 2.43. The summed E-state index contributed by atoms with van der Waals surface area (Å²) in [6.45, 7) is 9.80. The van der Waals surface area contributed by atoms with Crippen LogP contribution < -0.4 is 0 Å². The molecule has 2 aliphatic heterocycles. The first kappa shape index (κ1) is 19.6. The minimum Gasteiger partial charge on any atom is -0.387 e. The largest absolute Gasteiger partial charge is 0.387 e. The Balaban J connectivity index is 2.39. The van der Waals surface area contributed by atoms with Crippen molar-refractivity contribution in [1.29, 1.82) is 0 Å². The lowest BCUT2D eigenvalue weighted by Gasteiger charge is -2.49. The van der Waals surface area contributed by atoms with E-state index in [1.165, 1.54) is 0 Å². The number of rotatable bonds is 1. The Hall–Kier alpha value is -0.710. The molecule has 0 saturated carbocycles. The minimum absolute atomic E-state index is 0.0918. The molecule has 0 spiro atoms. The van der Waals surface area contributed by atoms with Crippen molar-refractivity contribution in [3.63, 3.8) is 0 Å². The molecule has 0 aliphatic carbocycles. The Kier molecular flexibility index (Phi) is 5.63. The summed E-state index contributed by atoms with van der Waals surface area (Å²) in [7, 11) is 0. The van der Waals surface area contributed by atoms with E-state index in [4.69, 9.17) is 4.74 Å². The molecule has 2 N–H and O–H groups in total. The van der Waals surface area contributed by atoms with Crippen LogP contribution in [0.15, 0.2) is 12.2 Å². The van der Waals surface area contributed by atoms with Gasteiger partial charge in [0.2, 0.25) is 0 Å². The van der Waals surface area contributed by atoms with Gasteiger partial charge in [0.15, 0.2) is 0 Å². The van der Waals surface area contributed by atoms with E-state index in [-0.39, 0.29) is 30.1 Å². The monoisotopic (exact) mass is 338 g/mol. The molecule has 2 bridgehead atoms. The van der Waals surface area contributed by atoms with Gasteiger partial charge in [0, 0.05) is 12.8 Å². The van der Waals surface area contributed by atoms with Crippen LogP contribution in [0.25, 0.3) is 0 Å². The van der Waals surface area contributed by atoms with E-state index >= 15 is 0 Å². The van der Waals surface area contributed by atoms with Crippen LogP contribution in [0.2, 0.25) is 0 Å². The maximum absolute atomic E-state index is 12.2. The van der Waals surface area contributed by atoms with Gasteiger partial charge >= 0.3 is 0 Å². The van der Waals surface area contributed by atoms with Crippen LogP contribution in [0.1, 0.15) is 73.1 Å². The average Bonchev–Trinajstić information content (AvgIpc) is 2.43. The summed E-state index contributed by atoms with van der Waals surface area (Å²) in [5, 5.41) is 21.4. The molecular weight excluding hydrogens is 304 g/mol. The predicted molar refractivity (Wildman–Crippen MR) is 94.7 cm³/mol. The van der Waals surface area contributed by atoms with Crippen LogP contribution in [0.5, 0.6) is 0 Å². The first-order valence-electron chi connectivity index (χ1n) is 9.30. The third-order valence-electron chi connectivity index (χ3n) is 5.83. The van der Waals surface area contributed by atoms with E-state index in [1.807, 2.05) is 13.0 Å². The third kappa shape index (κ3) is 4.47. The van der Waals surface area contributed by atoms with E-state index in [0.717, 1.165) is 12.8 Å². The summed E-state index contributed by atoms with van der Waals surface area (Å²) in [6.07, 6.45) is 7.01. The molecule has 2 aliphatic rings. The molecule has 4 heteroatoms. The number of aliphatic hydroxyl groups is 2. The average molecular weight is 338 g/mol. The molecule has 1 saturated heterocycles. The molecule has 0 aromatic heterocycles. The molecule has 2 rings (SSSR count). The summed E-state index contributed by atoms with van der Waals surface area (Å²) in [4.78, 5) is 12.2. The molecule has 0 aromatic rings. The number of ether oxygens (including phenoxy) is 1. The van der Waals surface area contributed by atoms with Gasteiger partial charge < -0.3 is 14.9 Å². The molecule has 0 radical (unpaired) electrons. The van der Waals surface area contributed by atoms with Crippen molar-refractivity contribution >= 4 is 5.78 Å². The van der Waals surface area contributed by atoms with Crippen LogP contribution in [-0.2, 0) is 9.53 Å². The highest BCUT2D eigenvalue weighted by molar-refractivity contribution is 5.79. The van der Waals surface area contributed by atoms with Crippen LogP contribution in [0.4, 0.5) is 0 Å². The maximum atomic E-state index is 12.2. The highest BCUT2D eigenvalue weighted by atomic mass is 16.5. The smallest absolute Gasteiger partial charge is 0.136 e. The SMILES string of the molecule is CC(C)[C@@]12/C=C/[C@](C)(O)CC(=O)C[C@@H](C)CC[C@H](O1)[C@](C)(O)CC2. The van der Waals surface area contributed by atoms with Crippen molar-refractivity contribution < 1.29 is 19.7 Å². The van der Waals surface area contributed by atoms with Gasteiger partial charge in [0.1, 0.15) is 5.78 Å². The van der Waals surface area contributed by atoms with Gasteiger partial charge in [-0.3, -0.25) is 4.79 Å². The molecule has 4 nitrogen and oxygen atoms in total. The lowest BCUT2D eigenvalue weighted by atomic mass is 9.74. The molecule has 24 heavy (non-hydrogen) atoms. The Labute approximate surface area is 146 Å². The summed E-state index contributed by atoms with van der Waals surface area (Å²) >= 11 is 0. The van der Waals surface area contributed by atoms with Crippen LogP contribution in [-0.4, -0.2) is 38.9 Å². The zero-order chi connectivity index (χ0) is 18.2. The molecular formula is C20H34O4. The van der Waals surface area contributed by atoms with Crippen molar-refractivity contribution in [2.45, 2.75) is 96.1 Å². The predicted octanol–water partition coefficient (Wildman–Crippen LogP) is 3.40. The zero-order valence-corrected chi connectivity index (χ0v) is 15.8. The second kappa shape index (κ2) is 6.89. The second-order valence-corrected chi connectivity index (χ2v) is 8.87. The van der Waals surface area contributed by atoms with Crippen molar-refractivity contribution in [3.05, 3.63) is 12.2 Å². The minimum atomic E-state index is -1.16. The summed E-state index contributed by atoms with van der Waals surface area (Å²) in [5.41, 5.74) is -2.50. The molecule has 0 amide bonds. The van der Waals surface area contributed by atoms with Gasteiger partial charge in [0.05, 0.1) is 22.9 Å². The number of carbonyl (C=O) groups excluding carboxylic acids is 1. The van der Waals surface area contributed by atoms with Gasteiger partial charge in [-0.15, -0.1) is 0 Å². The van der Waals surface area contributed by atoms with E-state index < -0.39 is 16.8 Å². The lowest BCUT2D eigenvalue weighted by molar-refractivity contribution is -0.212. The quantitative estimate of drug-likeness (QED) is 0.719. The topological polar surface area (TPSA) is 66.8 Å². The standard InChI is InChI=1S/C20H34O4/c1-14(2)20-10-8-18(4,22)13-16(21)12-15(3)6-7-17(24-20)19(5,23)9-11-20/h8,10,14-15,17,22-23H,6-7,9,11-13H2,1-5H3/b10-8+/t15-,17-,18-,19+,20-/m0/s1. The Morgan fingerprint density at radius 1 is 1.17 bits per heavy atom. The summed E-state index contributed by atoms with van der Waals surface area (Å²) < 4.78 is 6.46. The first-order valence-corrected chi connectivity index (χ1v) is 9.30. The van der Waals surface area contributed by atoms with Crippen molar-refractivity contribution in [2.24, 2.45) is 11.8 Å². The van der Waals surface area contributed by atoms with Gasteiger partial charge in [0.25, 0.3) is 0 Å². The van der Waals surface area contributed by atoms with Crippen molar-refractivity contribution in [1.82, 2.24) is 0 Å². The van der Waals surface area contributed by atoms with Gasteiger partial charge in [-0.05, 0) is 51.4 Å². The maximum Gasteiger partial charge on any atom is 0.136 e.